The Morgan fingerprint density at radius 2 is 2.19 bits per heavy atom. The van der Waals surface area contributed by atoms with Crippen LogP contribution in [-0.4, -0.2) is 42.2 Å². The molecule has 2 aromatic heterocycles. The van der Waals surface area contributed by atoms with Crippen molar-refractivity contribution in [3.05, 3.63) is 16.6 Å². The van der Waals surface area contributed by atoms with E-state index in [1.807, 2.05) is 0 Å². The Morgan fingerprint density at radius 1 is 1.52 bits per heavy atom. The highest BCUT2D eigenvalue weighted by molar-refractivity contribution is 7.46. The summed E-state index contributed by atoms with van der Waals surface area (Å²) >= 11 is 0. The van der Waals surface area contributed by atoms with Gasteiger partial charge in [-0.3, -0.25) is 9.48 Å². The summed E-state index contributed by atoms with van der Waals surface area (Å²) < 4.78 is 20.2. The SMILES string of the molecule is Cn1ncc2c(N)nn(C(=O)OCOP(=O)(O)O)c(=O)c21. The van der Waals surface area contributed by atoms with Crippen molar-refractivity contribution in [2.45, 2.75) is 0 Å². The molecule has 2 rings (SSSR count). The van der Waals surface area contributed by atoms with E-state index in [2.05, 4.69) is 19.5 Å². The van der Waals surface area contributed by atoms with Crippen molar-refractivity contribution in [2.75, 3.05) is 12.5 Å². The van der Waals surface area contributed by atoms with Gasteiger partial charge in [0.05, 0.1) is 11.6 Å². The Hall–Kier alpha value is -2.27. The lowest BCUT2D eigenvalue weighted by Gasteiger charge is -2.08. The van der Waals surface area contributed by atoms with E-state index >= 15 is 0 Å². The lowest BCUT2D eigenvalue weighted by Crippen LogP contribution is -2.32. The second kappa shape index (κ2) is 5.26. The van der Waals surface area contributed by atoms with E-state index in [1.54, 1.807) is 0 Å². The molecular weight excluding hydrogens is 309 g/mol. The number of phosphoric ester groups is 1. The first kappa shape index (κ1) is 15.1. The van der Waals surface area contributed by atoms with Crippen molar-refractivity contribution in [1.82, 2.24) is 19.6 Å². The average Bonchev–Trinajstić information content (AvgIpc) is 2.75. The third-order valence-electron chi connectivity index (χ3n) is 2.39. The number of phosphoric acid groups is 1. The highest BCUT2D eigenvalue weighted by Crippen LogP contribution is 2.35. The minimum absolute atomic E-state index is 0.0235. The monoisotopic (exact) mass is 319 g/mol. The zero-order chi connectivity index (χ0) is 15.8. The molecule has 21 heavy (non-hydrogen) atoms. The Morgan fingerprint density at radius 3 is 2.81 bits per heavy atom. The van der Waals surface area contributed by atoms with Crippen LogP contribution < -0.4 is 11.3 Å². The molecular formula is C8H10N5O7P. The highest BCUT2D eigenvalue weighted by Gasteiger charge is 2.20. The van der Waals surface area contributed by atoms with Crippen LogP contribution in [0, 0.1) is 0 Å². The molecule has 0 saturated heterocycles. The van der Waals surface area contributed by atoms with Crippen molar-refractivity contribution in [3.63, 3.8) is 0 Å². The second-order valence-corrected chi connectivity index (χ2v) is 5.02. The van der Waals surface area contributed by atoms with Crippen LogP contribution >= 0.6 is 7.82 Å². The average molecular weight is 319 g/mol. The van der Waals surface area contributed by atoms with E-state index in [4.69, 9.17) is 15.5 Å². The van der Waals surface area contributed by atoms with Crippen LogP contribution in [0.4, 0.5) is 10.6 Å². The molecule has 0 radical (unpaired) electrons. The van der Waals surface area contributed by atoms with Gasteiger partial charge in [-0.05, 0) is 0 Å². The predicted octanol–water partition coefficient (Wildman–Crippen LogP) is -1.24. The van der Waals surface area contributed by atoms with E-state index in [9.17, 15) is 14.2 Å². The van der Waals surface area contributed by atoms with Gasteiger partial charge < -0.3 is 20.3 Å². The minimum Gasteiger partial charge on any atom is -0.420 e. The fourth-order valence-corrected chi connectivity index (χ4v) is 1.71. The summed E-state index contributed by atoms with van der Waals surface area (Å²) in [5.41, 5.74) is 4.76. The van der Waals surface area contributed by atoms with Gasteiger partial charge in [-0.2, -0.15) is 5.10 Å². The van der Waals surface area contributed by atoms with Crippen LogP contribution in [0.15, 0.2) is 11.0 Å². The zero-order valence-corrected chi connectivity index (χ0v) is 11.4. The lowest BCUT2D eigenvalue weighted by molar-refractivity contribution is 0.0385. The van der Waals surface area contributed by atoms with Gasteiger partial charge in [-0.1, -0.05) is 0 Å². The number of hydrogen-bond donors (Lipinski definition) is 3. The first-order valence-corrected chi connectivity index (χ1v) is 6.81. The van der Waals surface area contributed by atoms with Gasteiger partial charge in [-0.25, -0.2) is 13.9 Å². The third-order valence-corrected chi connectivity index (χ3v) is 2.84. The fourth-order valence-electron chi connectivity index (χ4n) is 1.52. The van der Waals surface area contributed by atoms with E-state index in [-0.39, 0.29) is 16.7 Å². The zero-order valence-electron chi connectivity index (χ0n) is 10.5. The molecule has 0 bridgehead atoms. The number of nitrogen functional groups attached to an aromatic ring is 1. The minimum atomic E-state index is -4.80. The topological polar surface area (TPSA) is 172 Å². The Labute approximate surface area is 115 Å². The van der Waals surface area contributed by atoms with Crippen LogP contribution in [0.3, 0.4) is 0 Å². The summed E-state index contributed by atoms with van der Waals surface area (Å²) in [6, 6.07) is 0. The Kier molecular flexibility index (Phi) is 3.78. The number of nitrogens with zero attached hydrogens (tertiary/aromatic N) is 4. The highest BCUT2D eigenvalue weighted by atomic mass is 31.2. The molecule has 0 aliphatic carbocycles. The smallest absolute Gasteiger partial charge is 0.420 e. The number of aromatic nitrogens is 4. The van der Waals surface area contributed by atoms with Gasteiger partial charge in [0.1, 0.15) is 5.52 Å². The molecule has 0 aromatic carbocycles. The van der Waals surface area contributed by atoms with Gasteiger partial charge in [0.25, 0.3) is 0 Å². The molecule has 0 amide bonds. The molecule has 114 valence electrons. The standard InChI is InChI=1S/C8H10N5O7P/c1-12-5-4(2-10-12)6(9)11-13(7(5)14)8(15)19-3-20-21(16,17)18/h2H,3H2,1H3,(H2,9,11)(H2,16,17,18). The molecule has 0 saturated carbocycles. The van der Waals surface area contributed by atoms with Gasteiger partial charge in [0.15, 0.2) is 5.82 Å². The maximum atomic E-state index is 12.1. The number of carbonyl (C=O) groups excluding carboxylic acids is 1. The molecule has 2 heterocycles. The third kappa shape index (κ3) is 3.08. The number of rotatable bonds is 3. The molecule has 0 aliphatic rings. The summed E-state index contributed by atoms with van der Waals surface area (Å²) in [7, 11) is -3.33. The molecule has 4 N–H and O–H groups in total. The molecule has 0 spiro atoms. The summed E-state index contributed by atoms with van der Waals surface area (Å²) in [6.45, 7) is -1.06. The molecule has 0 unspecified atom stereocenters. The van der Waals surface area contributed by atoms with Crippen LogP contribution in [0.2, 0.25) is 0 Å². The van der Waals surface area contributed by atoms with Gasteiger partial charge in [0, 0.05) is 7.05 Å². The molecule has 0 fully saturated rings. The Bertz CT molecular complexity index is 805. The van der Waals surface area contributed by atoms with Crippen LogP contribution in [0.1, 0.15) is 0 Å². The molecule has 13 heteroatoms. The maximum Gasteiger partial charge on any atom is 0.472 e. The van der Waals surface area contributed by atoms with Crippen molar-refractivity contribution in [2.24, 2.45) is 7.05 Å². The Balaban J connectivity index is 2.32. The van der Waals surface area contributed by atoms with E-state index in [1.165, 1.54) is 17.9 Å². The summed E-state index contributed by atoms with van der Waals surface area (Å²) in [5.74, 6) is -0.134. The summed E-state index contributed by atoms with van der Waals surface area (Å²) in [6.07, 6.45) is 0.00860. The van der Waals surface area contributed by atoms with E-state index < -0.39 is 26.3 Å². The number of aryl methyl sites for hydroxylation is 1. The largest absolute Gasteiger partial charge is 0.472 e. The maximum absolute atomic E-state index is 12.1. The van der Waals surface area contributed by atoms with Gasteiger partial charge in [0.2, 0.25) is 6.79 Å². The second-order valence-electron chi connectivity index (χ2n) is 3.78. The summed E-state index contributed by atoms with van der Waals surface area (Å²) in [4.78, 5) is 40.6. The summed E-state index contributed by atoms with van der Waals surface area (Å²) in [5, 5.41) is 7.61. The van der Waals surface area contributed by atoms with Gasteiger partial charge >= 0.3 is 19.5 Å². The van der Waals surface area contributed by atoms with Crippen molar-refractivity contribution in [3.8, 4) is 0 Å². The first-order chi connectivity index (χ1) is 9.70. The molecule has 2 aromatic rings. The normalized spacial score (nSPS) is 11.8. The van der Waals surface area contributed by atoms with Crippen LogP contribution in [0.25, 0.3) is 10.9 Å². The quantitative estimate of drug-likeness (QED) is 0.459. The van der Waals surface area contributed by atoms with Crippen molar-refractivity contribution >= 4 is 30.6 Å². The van der Waals surface area contributed by atoms with E-state index in [0.29, 0.717) is 4.68 Å². The number of nitrogens with two attached hydrogens (primary N) is 1. The molecule has 0 aliphatic heterocycles. The first-order valence-electron chi connectivity index (χ1n) is 5.28. The number of hydrogen-bond acceptors (Lipinski definition) is 8. The van der Waals surface area contributed by atoms with E-state index in [0.717, 1.165) is 0 Å². The number of anilines is 1. The fraction of sp³-hybridized carbons (Fsp3) is 0.250. The van der Waals surface area contributed by atoms with Crippen LogP contribution in [0.5, 0.6) is 0 Å². The van der Waals surface area contributed by atoms with Crippen molar-refractivity contribution < 1.29 is 28.4 Å². The van der Waals surface area contributed by atoms with Gasteiger partial charge in [-0.15, -0.1) is 9.78 Å². The predicted molar refractivity (Wildman–Crippen MR) is 67.1 cm³/mol. The molecule has 0 atom stereocenters. The number of fused-ring (bicyclic) bond motifs is 1. The number of ether oxygens (including phenoxy) is 1. The lowest BCUT2D eigenvalue weighted by atomic mass is 10.3. The number of carbonyl (C=O) groups is 1. The van der Waals surface area contributed by atoms with Crippen molar-refractivity contribution in [1.29, 1.82) is 0 Å². The van der Waals surface area contributed by atoms with Crippen LogP contribution in [-0.2, 0) is 20.9 Å². The molecule has 12 nitrogen and oxygen atoms in total.